The summed E-state index contributed by atoms with van der Waals surface area (Å²) >= 11 is 0. The van der Waals surface area contributed by atoms with Gasteiger partial charge in [-0.2, -0.15) is 0 Å². The molecule has 106 valence electrons. The predicted molar refractivity (Wildman–Crippen MR) is 78.9 cm³/mol. The number of hydrogen-bond acceptors (Lipinski definition) is 4. The zero-order valence-electron chi connectivity index (χ0n) is 11.8. The van der Waals surface area contributed by atoms with Crippen molar-refractivity contribution in [3.05, 3.63) is 53.7 Å². The van der Waals surface area contributed by atoms with Crippen LogP contribution in [0.15, 0.2) is 42.6 Å². The van der Waals surface area contributed by atoms with Gasteiger partial charge in [0.15, 0.2) is 0 Å². The molecular weight excluding hydrogens is 252 g/mol. The van der Waals surface area contributed by atoms with Crippen molar-refractivity contribution in [1.82, 2.24) is 10.3 Å². The molecule has 4 nitrogen and oxygen atoms in total. The van der Waals surface area contributed by atoms with E-state index in [0.29, 0.717) is 17.7 Å². The molecule has 1 atom stereocenters. The van der Waals surface area contributed by atoms with Crippen molar-refractivity contribution in [2.24, 2.45) is 0 Å². The second kappa shape index (κ2) is 6.91. The predicted octanol–water partition coefficient (Wildman–Crippen LogP) is 2.52. The van der Waals surface area contributed by atoms with Crippen LogP contribution in [-0.2, 0) is 13.0 Å². The monoisotopic (exact) mass is 272 g/mol. The lowest BCUT2D eigenvalue weighted by Crippen LogP contribution is -2.27. The van der Waals surface area contributed by atoms with Crippen LogP contribution in [-0.4, -0.2) is 23.2 Å². The van der Waals surface area contributed by atoms with Crippen molar-refractivity contribution in [2.45, 2.75) is 25.9 Å². The van der Waals surface area contributed by atoms with E-state index in [-0.39, 0.29) is 0 Å². The molecule has 0 radical (unpaired) electrons. The maximum Gasteiger partial charge on any atom is 0.217 e. The Morgan fingerprint density at radius 1 is 1.25 bits per heavy atom. The Kier molecular flexibility index (Phi) is 4.96. The van der Waals surface area contributed by atoms with Crippen LogP contribution in [0.3, 0.4) is 0 Å². The molecule has 1 heterocycles. The Bertz CT molecular complexity index is 540. The highest BCUT2D eigenvalue weighted by Gasteiger charge is 2.07. The molecule has 0 amide bonds. The summed E-state index contributed by atoms with van der Waals surface area (Å²) in [4.78, 5) is 4.18. The quantitative estimate of drug-likeness (QED) is 0.848. The number of methoxy groups -OCH3 is 1. The Morgan fingerprint density at radius 2 is 2.00 bits per heavy atom. The minimum Gasteiger partial charge on any atom is -0.508 e. The number of aromatic nitrogens is 1. The van der Waals surface area contributed by atoms with Gasteiger partial charge in [-0.25, -0.2) is 4.98 Å². The van der Waals surface area contributed by atoms with Gasteiger partial charge in [0.2, 0.25) is 5.88 Å². The standard InChI is InChI=1S/C16H20N2O2/c1-12(10-13-5-7-15(19)8-6-13)18-11-14-4-3-9-17-16(14)20-2/h3-9,12,18-19H,10-11H2,1-2H3. The Hall–Kier alpha value is -2.07. The molecule has 0 saturated carbocycles. The second-order valence-electron chi connectivity index (χ2n) is 4.82. The molecule has 0 aliphatic carbocycles. The summed E-state index contributed by atoms with van der Waals surface area (Å²) in [5.41, 5.74) is 2.24. The van der Waals surface area contributed by atoms with Crippen LogP contribution < -0.4 is 10.1 Å². The zero-order chi connectivity index (χ0) is 14.4. The molecule has 0 bridgehead atoms. The third kappa shape index (κ3) is 3.96. The summed E-state index contributed by atoms with van der Waals surface area (Å²) < 4.78 is 5.23. The number of nitrogens with one attached hydrogen (secondary N) is 1. The lowest BCUT2D eigenvalue weighted by Gasteiger charge is -2.15. The summed E-state index contributed by atoms with van der Waals surface area (Å²) in [6.07, 6.45) is 2.63. The summed E-state index contributed by atoms with van der Waals surface area (Å²) in [5, 5.41) is 12.7. The van der Waals surface area contributed by atoms with E-state index in [0.717, 1.165) is 18.5 Å². The van der Waals surface area contributed by atoms with Gasteiger partial charge in [-0.15, -0.1) is 0 Å². The van der Waals surface area contributed by atoms with Gasteiger partial charge in [0.25, 0.3) is 0 Å². The van der Waals surface area contributed by atoms with Crippen LogP contribution in [0.1, 0.15) is 18.1 Å². The summed E-state index contributed by atoms with van der Waals surface area (Å²) in [5.74, 6) is 0.964. The van der Waals surface area contributed by atoms with E-state index in [2.05, 4.69) is 17.2 Å². The van der Waals surface area contributed by atoms with Crippen LogP contribution in [0.5, 0.6) is 11.6 Å². The number of benzene rings is 1. The molecule has 2 rings (SSSR count). The number of phenolic OH excluding ortho intramolecular Hbond substituents is 1. The van der Waals surface area contributed by atoms with E-state index in [9.17, 15) is 5.11 Å². The molecule has 1 unspecified atom stereocenters. The Labute approximate surface area is 119 Å². The van der Waals surface area contributed by atoms with Crippen LogP contribution in [0.25, 0.3) is 0 Å². The van der Waals surface area contributed by atoms with Gasteiger partial charge in [0, 0.05) is 24.3 Å². The number of hydrogen-bond donors (Lipinski definition) is 2. The summed E-state index contributed by atoms with van der Waals surface area (Å²) in [6.45, 7) is 2.85. The number of nitrogens with zero attached hydrogens (tertiary/aromatic N) is 1. The summed E-state index contributed by atoms with van der Waals surface area (Å²) in [6, 6.07) is 11.6. The fourth-order valence-electron chi connectivity index (χ4n) is 2.08. The highest BCUT2D eigenvalue weighted by atomic mass is 16.5. The van der Waals surface area contributed by atoms with Crippen molar-refractivity contribution in [3.63, 3.8) is 0 Å². The minimum absolute atomic E-state index is 0.300. The maximum atomic E-state index is 9.26. The first-order valence-corrected chi connectivity index (χ1v) is 6.68. The van der Waals surface area contributed by atoms with E-state index in [4.69, 9.17) is 4.74 Å². The van der Waals surface area contributed by atoms with Gasteiger partial charge in [-0.05, 0) is 37.1 Å². The average Bonchev–Trinajstić information content (AvgIpc) is 2.48. The van der Waals surface area contributed by atoms with Crippen molar-refractivity contribution >= 4 is 0 Å². The molecule has 2 aromatic rings. The normalized spacial score (nSPS) is 12.1. The molecular formula is C16H20N2O2. The van der Waals surface area contributed by atoms with E-state index in [1.807, 2.05) is 24.3 Å². The van der Waals surface area contributed by atoms with Crippen LogP contribution in [0.2, 0.25) is 0 Å². The van der Waals surface area contributed by atoms with E-state index < -0.39 is 0 Å². The van der Waals surface area contributed by atoms with Crippen molar-refractivity contribution in [2.75, 3.05) is 7.11 Å². The van der Waals surface area contributed by atoms with Crippen molar-refractivity contribution in [1.29, 1.82) is 0 Å². The third-order valence-electron chi connectivity index (χ3n) is 3.16. The molecule has 4 heteroatoms. The van der Waals surface area contributed by atoms with Crippen molar-refractivity contribution < 1.29 is 9.84 Å². The lowest BCUT2D eigenvalue weighted by molar-refractivity contribution is 0.388. The maximum absolute atomic E-state index is 9.26. The summed E-state index contributed by atoms with van der Waals surface area (Å²) in [7, 11) is 1.63. The number of pyridine rings is 1. The lowest BCUT2D eigenvalue weighted by atomic mass is 10.1. The molecule has 0 aliphatic heterocycles. The van der Waals surface area contributed by atoms with E-state index in [1.54, 1.807) is 25.4 Å². The van der Waals surface area contributed by atoms with E-state index in [1.165, 1.54) is 5.56 Å². The SMILES string of the molecule is COc1ncccc1CNC(C)Cc1ccc(O)cc1. The molecule has 1 aromatic carbocycles. The van der Waals surface area contributed by atoms with Gasteiger partial charge in [0.1, 0.15) is 5.75 Å². The zero-order valence-corrected chi connectivity index (χ0v) is 11.8. The smallest absolute Gasteiger partial charge is 0.217 e. The molecule has 0 fully saturated rings. The second-order valence-corrected chi connectivity index (χ2v) is 4.82. The Morgan fingerprint density at radius 3 is 2.70 bits per heavy atom. The minimum atomic E-state index is 0.300. The first-order chi connectivity index (χ1) is 9.69. The van der Waals surface area contributed by atoms with Gasteiger partial charge in [-0.1, -0.05) is 18.2 Å². The van der Waals surface area contributed by atoms with Gasteiger partial charge in [0.05, 0.1) is 7.11 Å². The van der Waals surface area contributed by atoms with Crippen LogP contribution >= 0.6 is 0 Å². The first-order valence-electron chi connectivity index (χ1n) is 6.68. The van der Waals surface area contributed by atoms with Gasteiger partial charge < -0.3 is 15.2 Å². The van der Waals surface area contributed by atoms with Crippen LogP contribution in [0, 0.1) is 0 Å². The molecule has 0 aliphatic rings. The fourth-order valence-corrected chi connectivity index (χ4v) is 2.08. The van der Waals surface area contributed by atoms with Crippen LogP contribution in [0.4, 0.5) is 0 Å². The van der Waals surface area contributed by atoms with Gasteiger partial charge >= 0.3 is 0 Å². The molecule has 20 heavy (non-hydrogen) atoms. The number of aromatic hydroxyl groups is 1. The number of phenols is 1. The molecule has 0 saturated heterocycles. The van der Waals surface area contributed by atoms with E-state index >= 15 is 0 Å². The van der Waals surface area contributed by atoms with Crippen molar-refractivity contribution in [3.8, 4) is 11.6 Å². The molecule has 2 N–H and O–H groups in total. The average molecular weight is 272 g/mol. The Balaban J connectivity index is 1.88. The largest absolute Gasteiger partial charge is 0.508 e. The highest BCUT2D eigenvalue weighted by Crippen LogP contribution is 2.14. The topological polar surface area (TPSA) is 54.4 Å². The highest BCUT2D eigenvalue weighted by molar-refractivity contribution is 5.27. The number of rotatable bonds is 6. The molecule has 0 spiro atoms. The molecule has 1 aromatic heterocycles. The number of ether oxygens (including phenoxy) is 1. The van der Waals surface area contributed by atoms with Gasteiger partial charge in [-0.3, -0.25) is 0 Å². The third-order valence-corrected chi connectivity index (χ3v) is 3.16. The fraction of sp³-hybridized carbons (Fsp3) is 0.312. The first kappa shape index (κ1) is 14.3.